The number of nitrogens with one attached hydrogen (secondary N) is 1. The maximum atomic E-state index is 14.4. The molecule has 20 heavy (non-hydrogen) atoms. The van der Waals surface area contributed by atoms with Crippen LogP contribution in [0.3, 0.4) is 0 Å². The summed E-state index contributed by atoms with van der Waals surface area (Å²) in [5, 5.41) is 7.51. The van der Waals surface area contributed by atoms with Crippen molar-refractivity contribution < 1.29 is 4.39 Å². The van der Waals surface area contributed by atoms with E-state index in [1.165, 1.54) is 11.5 Å². The first-order valence-electron chi connectivity index (χ1n) is 6.89. The second-order valence-electron chi connectivity index (χ2n) is 4.91. The van der Waals surface area contributed by atoms with Crippen LogP contribution in [0.1, 0.15) is 47.2 Å². The monoisotopic (exact) mass is 293 g/mol. The van der Waals surface area contributed by atoms with Crippen LogP contribution < -0.4 is 5.32 Å². The molecule has 0 bridgehead atoms. The molecule has 3 nitrogen and oxygen atoms in total. The minimum Gasteiger partial charge on any atom is -0.306 e. The Morgan fingerprint density at radius 2 is 2.05 bits per heavy atom. The lowest BCUT2D eigenvalue weighted by Gasteiger charge is -2.20. The van der Waals surface area contributed by atoms with Gasteiger partial charge in [0.2, 0.25) is 0 Å². The van der Waals surface area contributed by atoms with Crippen LogP contribution in [0, 0.1) is 19.7 Å². The Hall–Kier alpha value is -1.33. The highest BCUT2D eigenvalue weighted by atomic mass is 32.1. The van der Waals surface area contributed by atoms with E-state index in [1.807, 2.05) is 33.8 Å². The van der Waals surface area contributed by atoms with Crippen LogP contribution in [0.25, 0.3) is 0 Å². The summed E-state index contributed by atoms with van der Waals surface area (Å²) in [5.41, 5.74) is 3.56. The van der Waals surface area contributed by atoms with E-state index >= 15 is 0 Å². The molecular formula is C15H20FN3S. The summed E-state index contributed by atoms with van der Waals surface area (Å²) in [4.78, 5) is 1.01. The van der Waals surface area contributed by atoms with E-state index < -0.39 is 0 Å². The number of nitrogens with zero attached hydrogens (tertiary/aromatic N) is 2. The molecule has 0 spiro atoms. The summed E-state index contributed by atoms with van der Waals surface area (Å²) < 4.78 is 18.5. The van der Waals surface area contributed by atoms with Gasteiger partial charge < -0.3 is 5.32 Å². The van der Waals surface area contributed by atoms with Crippen LogP contribution >= 0.6 is 11.5 Å². The van der Waals surface area contributed by atoms with Gasteiger partial charge in [0.25, 0.3) is 0 Å². The van der Waals surface area contributed by atoms with Gasteiger partial charge in [0.15, 0.2) is 0 Å². The van der Waals surface area contributed by atoms with Gasteiger partial charge in [0.1, 0.15) is 5.82 Å². The molecule has 2 aromatic rings. The van der Waals surface area contributed by atoms with E-state index in [0.29, 0.717) is 5.56 Å². The van der Waals surface area contributed by atoms with Crippen LogP contribution in [0.5, 0.6) is 0 Å². The number of halogens is 1. The molecule has 0 fully saturated rings. The fourth-order valence-electron chi connectivity index (χ4n) is 2.50. The fourth-order valence-corrected chi connectivity index (χ4v) is 3.33. The maximum Gasteiger partial charge on any atom is 0.128 e. The van der Waals surface area contributed by atoms with Crippen LogP contribution in [-0.2, 0) is 6.42 Å². The molecule has 0 aliphatic carbocycles. The first-order chi connectivity index (χ1) is 9.58. The first-order valence-corrected chi connectivity index (χ1v) is 7.66. The zero-order chi connectivity index (χ0) is 14.7. The Labute approximate surface area is 123 Å². The molecule has 0 amide bonds. The van der Waals surface area contributed by atoms with E-state index in [-0.39, 0.29) is 11.9 Å². The van der Waals surface area contributed by atoms with Crippen LogP contribution in [0.15, 0.2) is 12.1 Å². The maximum absolute atomic E-state index is 14.4. The van der Waals surface area contributed by atoms with Gasteiger partial charge in [-0.2, -0.15) is 0 Å². The van der Waals surface area contributed by atoms with Gasteiger partial charge in [-0.1, -0.05) is 24.4 Å². The van der Waals surface area contributed by atoms with Gasteiger partial charge in [-0.25, -0.2) is 4.39 Å². The zero-order valence-corrected chi connectivity index (χ0v) is 13.1. The molecule has 0 saturated heterocycles. The smallest absolute Gasteiger partial charge is 0.128 e. The third-order valence-corrected chi connectivity index (χ3v) is 4.19. The second kappa shape index (κ2) is 6.41. The van der Waals surface area contributed by atoms with Crippen molar-refractivity contribution in [1.82, 2.24) is 14.9 Å². The summed E-state index contributed by atoms with van der Waals surface area (Å²) >= 11 is 1.35. The Balaban J connectivity index is 2.54. The number of aromatic nitrogens is 2. The number of hydrogen-bond acceptors (Lipinski definition) is 4. The molecule has 1 unspecified atom stereocenters. The Kier molecular flexibility index (Phi) is 4.83. The topological polar surface area (TPSA) is 37.8 Å². The lowest BCUT2D eigenvalue weighted by Crippen LogP contribution is -2.24. The third kappa shape index (κ3) is 2.88. The Bertz CT molecular complexity index is 572. The van der Waals surface area contributed by atoms with Crippen molar-refractivity contribution in [2.45, 2.75) is 40.2 Å². The highest BCUT2D eigenvalue weighted by Crippen LogP contribution is 2.31. The van der Waals surface area contributed by atoms with E-state index in [1.54, 1.807) is 6.07 Å². The average Bonchev–Trinajstić information content (AvgIpc) is 2.84. The van der Waals surface area contributed by atoms with Gasteiger partial charge in [-0.3, -0.25) is 0 Å². The van der Waals surface area contributed by atoms with Crippen molar-refractivity contribution in [2.24, 2.45) is 0 Å². The van der Waals surface area contributed by atoms with Crippen molar-refractivity contribution in [3.8, 4) is 0 Å². The molecule has 2 rings (SSSR count). The first kappa shape index (κ1) is 15.1. The summed E-state index contributed by atoms with van der Waals surface area (Å²) in [6.07, 6.45) is 0.806. The van der Waals surface area contributed by atoms with Crippen molar-refractivity contribution >= 4 is 11.5 Å². The predicted molar refractivity (Wildman–Crippen MR) is 80.7 cm³/mol. The summed E-state index contributed by atoms with van der Waals surface area (Å²) in [6, 6.07) is 3.44. The van der Waals surface area contributed by atoms with Crippen molar-refractivity contribution in [2.75, 3.05) is 6.54 Å². The van der Waals surface area contributed by atoms with Crippen molar-refractivity contribution in [1.29, 1.82) is 0 Å². The number of rotatable bonds is 5. The molecule has 1 N–H and O–H groups in total. The van der Waals surface area contributed by atoms with E-state index in [2.05, 4.69) is 14.9 Å². The number of aryl methyl sites for hydroxylation is 3. The van der Waals surface area contributed by atoms with Crippen LogP contribution in [0.4, 0.5) is 4.39 Å². The molecular weight excluding hydrogens is 273 g/mol. The van der Waals surface area contributed by atoms with E-state index in [0.717, 1.165) is 34.7 Å². The molecule has 0 aliphatic rings. The van der Waals surface area contributed by atoms with Gasteiger partial charge in [-0.05, 0) is 55.5 Å². The predicted octanol–water partition coefficient (Wildman–Crippen LogP) is 3.56. The molecule has 1 heterocycles. The normalized spacial score (nSPS) is 12.7. The quantitative estimate of drug-likeness (QED) is 0.916. The molecule has 5 heteroatoms. The van der Waals surface area contributed by atoms with Crippen molar-refractivity contribution in [3.63, 3.8) is 0 Å². The lowest BCUT2D eigenvalue weighted by molar-refractivity contribution is 0.557. The van der Waals surface area contributed by atoms with Crippen molar-refractivity contribution in [3.05, 3.63) is 45.2 Å². The largest absolute Gasteiger partial charge is 0.306 e. The Morgan fingerprint density at radius 1 is 1.30 bits per heavy atom. The molecule has 108 valence electrons. The molecule has 1 aromatic heterocycles. The van der Waals surface area contributed by atoms with E-state index in [9.17, 15) is 4.39 Å². The second-order valence-corrected chi connectivity index (χ2v) is 5.69. The summed E-state index contributed by atoms with van der Waals surface area (Å²) in [6.45, 7) is 8.69. The highest BCUT2D eigenvalue weighted by Gasteiger charge is 2.24. The minimum atomic E-state index is -0.171. The minimum absolute atomic E-state index is 0.163. The number of hydrogen-bond donors (Lipinski definition) is 1. The standard InChI is InChI=1S/C15H20FN3S/c1-5-12-15(20-19-18-12)14(17-6-2)13-10(4)7-9(3)8-11(13)16/h7-8,14,17H,5-6H2,1-4H3. The van der Waals surface area contributed by atoms with Gasteiger partial charge in [-0.15, -0.1) is 5.10 Å². The number of benzene rings is 1. The highest BCUT2D eigenvalue weighted by molar-refractivity contribution is 7.05. The molecule has 0 radical (unpaired) electrons. The summed E-state index contributed by atoms with van der Waals surface area (Å²) in [7, 11) is 0. The van der Waals surface area contributed by atoms with Crippen LogP contribution in [0.2, 0.25) is 0 Å². The Morgan fingerprint density at radius 3 is 2.65 bits per heavy atom. The third-order valence-electron chi connectivity index (χ3n) is 3.36. The molecule has 1 aromatic carbocycles. The lowest BCUT2D eigenvalue weighted by atomic mass is 9.96. The fraction of sp³-hybridized carbons (Fsp3) is 0.467. The SMILES string of the molecule is CCNC(c1snnc1CC)c1c(C)cc(C)cc1F. The van der Waals surface area contributed by atoms with Gasteiger partial charge in [0, 0.05) is 5.56 Å². The average molecular weight is 293 g/mol. The molecule has 0 aliphatic heterocycles. The molecule has 0 saturated carbocycles. The van der Waals surface area contributed by atoms with Gasteiger partial charge in [0.05, 0.1) is 16.6 Å². The van der Waals surface area contributed by atoms with Gasteiger partial charge >= 0.3 is 0 Å². The zero-order valence-electron chi connectivity index (χ0n) is 12.3. The van der Waals surface area contributed by atoms with Crippen LogP contribution in [-0.4, -0.2) is 16.1 Å². The van der Waals surface area contributed by atoms with E-state index in [4.69, 9.17) is 0 Å². The summed E-state index contributed by atoms with van der Waals surface area (Å²) in [5.74, 6) is -0.163. The molecule has 1 atom stereocenters.